The summed E-state index contributed by atoms with van der Waals surface area (Å²) in [7, 11) is 0. The van der Waals surface area contributed by atoms with E-state index in [1.807, 2.05) is 0 Å². The van der Waals surface area contributed by atoms with Crippen molar-refractivity contribution in [2.24, 2.45) is 0 Å². The number of nitrogen functional groups attached to an aromatic ring is 1. The summed E-state index contributed by atoms with van der Waals surface area (Å²) in [6.45, 7) is 0.544. The molecule has 5 nitrogen and oxygen atoms in total. The number of aromatic nitrogens is 2. The highest BCUT2D eigenvalue weighted by Gasteiger charge is 2.16. The summed E-state index contributed by atoms with van der Waals surface area (Å²) in [6.07, 6.45) is 9.59. The number of amides is 1. The number of nitrogens with one attached hydrogen (secondary N) is 1. The first-order valence-electron chi connectivity index (χ1n) is 5.43. The van der Waals surface area contributed by atoms with Crippen LogP contribution in [-0.2, 0) is 0 Å². The summed E-state index contributed by atoms with van der Waals surface area (Å²) in [4.78, 5) is 21.1. The van der Waals surface area contributed by atoms with Gasteiger partial charge in [-0.1, -0.05) is 0 Å². The van der Waals surface area contributed by atoms with E-state index >= 15 is 0 Å². The molecular weight excluding hydrogens is 248 g/mol. The first-order chi connectivity index (χ1) is 8.74. The molecule has 18 heavy (non-hydrogen) atoms. The Bertz CT molecular complexity index is 614. The molecule has 2 aromatic heterocycles. The number of carbonyl (C=O) groups excluding carboxylic acids is 1. The highest BCUT2D eigenvalue weighted by atomic mass is 32.1. The zero-order chi connectivity index (χ0) is 13.0. The maximum absolute atomic E-state index is 11.9. The number of fused-ring (bicyclic) bond motifs is 1. The molecule has 92 valence electrons. The molecule has 6 heteroatoms. The summed E-state index contributed by atoms with van der Waals surface area (Å²) in [5.74, 6) is 2.33. The van der Waals surface area contributed by atoms with Crippen LogP contribution in [0.4, 0.5) is 5.69 Å². The van der Waals surface area contributed by atoms with Crippen molar-refractivity contribution in [3.05, 3.63) is 17.4 Å². The van der Waals surface area contributed by atoms with Gasteiger partial charge >= 0.3 is 0 Å². The topological polar surface area (TPSA) is 80.9 Å². The molecule has 2 heterocycles. The highest BCUT2D eigenvalue weighted by molar-refractivity contribution is 7.21. The van der Waals surface area contributed by atoms with Crippen molar-refractivity contribution in [2.45, 2.75) is 12.8 Å². The first kappa shape index (κ1) is 12.3. The SMILES string of the molecule is C#CCCCNC(=O)c1sc2ncncc2c1N. The predicted octanol–water partition coefficient (Wildman–Crippen LogP) is 1.42. The molecule has 2 rings (SSSR count). The standard InChI is InChI=1S/C12H12N4OS/c1-2-3-4-5-15-11(17)10-9(13)8-6-14-7-16-12(8)18-10/h1,6-7H,3-5,13H2,(H,15,17). The van der Waals surface area contributed by atoms with E-state index in [1.165, 1.54) is 17.7 Å². The molecule has 0 saturated heterocycles. The number of thiophene rings is 1. The fourth-order valence-electron chi connectivity index (χ4n) is 1.50. The van der Waals surface area contributed by atoms with Gasteiger partial charge in [-0.2, -0.15) is 0 Å². The molecule has 0 atom stereocenters. The number of terminal acetylenes is 1. The number of hydrogen-bond donors (Lipinski definition) is 2. The van der Waals surface area contributed by atoms with Crippen LogP contribution >= 0.6 is 11.3 Å². The quantitative estimate of drug-likeness (QED) is 0.643. The van der Waals surface area contributed by atoms with Crippen LogP contribution in [0.25, 0.3) is 10.2 Å². The number of unbranched alkanes of at least 4 members (excludes halogenated alkanes) is 1. The molecule has 0 spiro atoms. The van der Waals surface area contributed by atoms with Crippen LogP contribution in [0.5, 0.6) is 0 Å². The second kappa shape index (κ2) is 5.47. The van der Waals surface area contributed by atoms with E-state index in [0.29, 0.717) is 23.5 Å². The Hall–Kier alpha value is -2.13. The van der Waals surface area contributed by atoms with Gasteiger partial charge in [-0.15, -0.1) is 23.7 Å². The number of hydrogen-bond acceptors (Lipinski definition) is 5. The number of anilines is 1. The Labute approximate surface area is 108 Å². The van der Waals surface area contributed by atoms with Gasteiger partial charge in [0.25, 0.3) is 5.91 Å². The normalized spacial score (nSPS) is 10.2. The van der Waals surface area contributed by atoms with Crippen molar-refractivity contribution in [2.75, 3.05) is 12.3 Å². The minimum Gasteiger partial charge on any atom is -0.397 e. The van der Waals surface area contributed by atoms with Gasteiger partial charge in [0.2, 0.25) is 0 Å². The summed E-state index contributed by atoms with van der Waals surface area (Å²) >= 11 is 1.27. The van der Waals surface area contributed by atoms with Crippen LogP contribution in [0.1, 0.15) is 22.5 Å². The zero-order valence-corrected chi connectivity index (χ0v) is 10.5. The van der Waals surface area contributed by atoms with E-state index in [1.54, 1.807) is 6.20 Å². The van der Waals surface area contributed by atoms with Crippen molar-refractivity contribution in [1.82, 2.24) is 15.3 Å². The molecule has 0 aromatic carbocycles. The Morgan fingerprint density at radius 1 is 1.61 bits per heavy atom. The van der Waals surface area contributed by atoms with Crippen molar-refractivity contribution < 1.29 is 4.79 Å². The van der Waals surface area contributed by atoms with Crippen LogP contribution in [0.2, 0.25) is 0 Å². The first-order valence-corrected chi connectivity index (χ1v) is 6.25. The molecule has 0 fully saturated rings. The van der Waals surface area contributed by atoms with Crippen molar-refractivity contribution >= 4 is 33.1 Å². The van der Waals surface area contributed by atoms with E-state index in [-0.39, 0.29) is 5.91 Å². The van der Waals surface area contributed by atoms with Gasteiger partial charge < -0.3 is 11.1 Å². The van der Waals surface area contributed by atoms with Gasteiger partial charge in [0.05, 0.1) is 11.1 Å². The number of nitrogens with two attached hydrogens (primary N) is 1. The summed E-state index contributed by atoms with van der Waals surface area (Å²) in [5.41, 5.74) is 6.34. The van der Waals surface area contributed by atoms with Gasteiger partial charge in [-0.25, -0.2) is 9.97 Å². The van der Waals surface area contributed by atoms with Gasteiger partial charge in [0, 0.05) is 19.2 Å². The third-order valence-electron chi connectivity index (χ3n) is 2.40. The van der Waals surface area contributed by atoms with E-state index < -0.39 is 0 Å². The molecule has 0 unspecified atom stereocenters. The van der Waals surface area contributed by atoms with Gasteiger partial charge in [-0.3, -0.25) is 4.79 Å². The third kappa shape index (κ3) is 2.41. The van der Waals surface area contributed by atoms with Gasteiger partial charge in [0.1, 0.15) is 16.0 Å². The number of rotatable bonds is 4. The van der Waals surface area contributed by atoms with E-state index in [0.717, 1.165) is 16.6 Å². The predicted molar refractivity (Wildman–Crippen MR) is 72.2 cm³/mol. The smallest absolute Gasteiger partial charge is 0.263 e. The zero-order valence-electron chi connectivity index (χ0n) is 9.64. The second-order valence-electron chi connectivity index (χ2n) is 3.65. The van der Waals surface area contributed by atoms with E-state index in [9.17, 15) is 4.79 Å². The lowest BCUT2D eigenvalue weighted by Gasteiger charge is -2.02. The minimum atomic E-state index is -0.187. The van der Waals surface area contributed by atoms with Crippen LogP contribution in [-0.4, -0.2) is 22.4 Å². The molecule has 0 saturated carbocycles. The Kier molecular flexibility index (Phi) is 3.75. The van der Waals surface area contributed by atoms with E-state index in [4.69, 9.17) is 12.2 Å². The van der Waals surface area contributed by atoms with Crippen molar-refractivity contribution in [3.63, 3.8) is 0 Å². The summed E-state index contributed by atoms with van der Waals surface area (Å²) < 4.78 is 0. The maximum Gasteiger partial charge on any atom is 0.263 e. The summed E-state index contributed by atoms with van der Waals surface area (Å²) in [6, 6.07) is 0. The third-order valence-corrected chi connectivity index (χ3v) is 3.53. The van der Waals surface area contributed by atoms with Crippen LogP contribution in [0.3, 0.4) is 0 Å². The molecule has 0 aliphatic carbocycles. The molecule has 3 N–H and O–H groups in total. The number of nitrogens with zero attached hydrogens (tertiary/aromatic N) is 2. The number of carbonyl (C=O) groups is 1. The van der Waals surface area contributed by atoms with Crippen LogP contribution in [0.15, 0.2) is 12.5 Å². The van der Waals surface area contributed by atoms with Crippen LogP contribution in [0, 0.1) is 12.3 Å². The second-order valence-corrected chi connectivity index (χ2v) is 4.65. The van der Waals surface area contributed by atoms with Crippen LogP contribution < -0.4 is 11.1 Å². The Balaban J connectivity index is 2.13. The highest BCUT2D eigenvalue weighted by Crippen LogP contribution is 2.31. The lowest BCUT2D eigenvalue weighted by Crippen LogP contribution is -2.24. The largest absolute Gasteiger partial charge is 0.397 e. The van der Waals surface area contributed by atoms with E-state index in [2.05, 4.69) is 21.2 Å². The van der Waals surface area contributed by atoms with Crippen molar-refractivity contribution in [1.29, 1.82) is 0 Å². The average Bonchev–Trinajstić information content (AvgIpc) is 2.73. The van der Waals surface area contributed by atoms with Gasteiger partial charge in [0.15, 0.2) is 0 Å². The Morgan fingerprint density at radius 3 is 3.17 bits per heavy atom. The average molecular weight is 260 g/mol. The molecule has 0 radical (unpaired) electrons. The molecular formula is C12H12N4OS. The summed E-state index contributed by atoms with van der Waals surface area (Å²) in [5, 5.41) is 3.50. The minimum absolute atomic E-state index is 0.187. The fourth-order valence-corrected chi connectivity index (χ4v) is 2.45. The lowest BCUT2D eigenvalue weighted by molar-refractivity contribution is 0.0958. The van der Waals surface area contributed by atoms with Crippen molar-refractivity contribution in [3.8, 4) is 12.3 Å². The fraction of sp³-hybridized carbons (Fsp3) is 0.250. The molecule has 0 aliphatic rings. The molecule has 0 aliphatic heterocycles. The maximum atomic E-state index is 11.9. The Morgan fingerprint density at radius 2 is 2.44 bits per heavy atom. The molecule has 2 aromatic rings. The molecule has 0 bridgehead atoms. The molecule has 1 amide bonds. The van der Waals surface area contributed by atoms with Gasteiger partial charge in [-0.05, 0) is 6.42 Å². The monoisotopic (exact) mass is 260 g/mol. The lowest BCUT2D eigenvalue weighted by atomic mass is 10.3.